The fourth-order valence-electron chi connectivity index (χ4n) is 2.26. The van der Waals surface area contributed by atoms with Crippen molar-refractivity contribution in [3.05, 3.63) is 35.9 Å². The predicted octanol–water partition coefficient (Wildman–Crippen LogP) is 3.53. The van der Waals surface area contributed by atoms with Gasteiger partial charge in [-0.2, -0.15) is 0 Å². The molecular formula is C16H28NO4P. The summed E-state index contributed by atoms with van der Waals surface area (Å²) in [5, 5.41) is 0. The smallest absolute Gasteiger partial charge is 0.260 e. The zero-order chi connectivity index (χ0) is 16.4. The van der Waals surface area contributed by atoms with E-state index in [4.69, 9.17) is 14.0 Å². The van der Waals surface area contributed by atoms with Crippen LogP contribution in [0.4, 0.5) is 0 Å². The summed E-state index contributed by atoms with van der Waals surface area (Å²) < 4.78 is 30.6. The molecule has 0 fully saturated rings. The fraction of sp³-hybridized carbons (Fsp3) is 0.625. The number of likely N-dealkylation sites (N-methyl/N-ethyl adjacent to an activating group) is 1. The molecule has 5 nitrogen and oxygen atoms in total. The molecule has 0 bridgehead atoms. The summed E-state index contributed by atoms with van der Waals surface area (Å²) in [6, 6.07) is 10.0. The van der Waals surface area contributed by atoms with Crippen LogP contribution >= 0.6 is 8.18 Å². The summed E-state index contributed by atoms with van der Waals surface area (Å²) in [6.07, 6.45) is -0.365. The van der Waals surface area contributed by atoms with Gasteiger partial charge in [0.05, 0.1) is 6.61 Å². The van der Waals surface area contributed by atoms with E-state index in [9.17, 15) is 4.57 Å². The molecule has 0 aliphatic rings. The molecule has 2 atom stereocenters. The summed E-state index contributed by atoms with van der Waals surface area (Å²) in [4.78, 5) is 0. The lowest BCUT2D eigenvalue weighted by atomic mass is 9.98. The van der Waals surface area contributed by atoms with E-state index in [1.54, 1.807) is 4.67 Å². The minimum Gasteiger partial charge on any atom is -0.352 e. The normalized spacial score (nSPS) is 14.5. The fourth-order valence-corrected chi connectivity index (χ4v) is 3.07. The molecule has 22 heavy (non-hydrogen) atoms. The summed E-state index contributed by atoms with van der Waals surface area (Å²) >= 11 is 0. The zero-order valence-electron chi connectivity index (χ0n) is 14.0. The van der Waals surface area contributed by atoms with Gasteiger partial charge in [-0.3, -0.25) is 4.57 Å². The van der Waals surface area contributed by atoms with Crippen molar-refractivity contribution >= 4 is 8.18 Å². The molecule has 0 N–H and O–H groups in total. The molecule has 0 amide bonds. The summed E-state index contributed by atoms with van der Waals surface area (Å²) in [6.45, 7) is 7.86. The molecule has 0 heterocycles. The largest absolute Gasteiger partial charge is 0.352 e. The molecule has 0 radical (unpaired) electrons. The summed E-state index contributed by atoms with van der Waals surface area (Å²) in [5.41, 5.74) is 1.10. The van der Waals surface area contributed by atoms with Gasteiger partial charge in [0.1, 0.15) is 0 Å². The second kappa shape index (κ2) is 10.9. The second-order valence-corrected chi connectivity index (χ2v) is 6.46. The lowest BCUT2D eigenvalue weighted by Gasteiger charge is -2.30. The Morgan fingerprint density at radius 2 is 1.64 bits per heavy atom. The van der Waals surface area contributed by atoms with Gasteiger partial charge in [-0.15, -0.1) is 0 Å². The van der Waals surface area contributed by atoms with Crippen molar-refractivity contribution in [2.75, 3.05) is 33.4 Å². The minimum atomic E-state index is -2.21. The highest BCUT2D eigenvalue weighted by molar-refractivity contribution is 7.36. The molecule has 1 aromatic carbocycles. The molecule has 6 heteroatoms. The van der Waals surface area contributed by atoms with Crippen molar-refractivity contribution < 1.29 is 18.6 Å². The van der Waals surface area contributed by atoms with E-state index >= 15 is 0 Å². The average molecular weight is 329 g/mol. The molecule has 1 rings (SSSR count). The van der Waals surface area contributed by atoms with E-state index in [2.05, 4.69) is 0 Å². The van der Waals surface area contributed by atoms with Gasteiger partial charge in [0, 0.05) is 25.7 Å². The Labute approximate surface area is 134 Å². The quantitative estimate of drug-likeness (QED) is 0.459. The third kappa shape index (κ3) is 6.19. The van der Waals surface area contributed by atoms with Crippen LogP contribution in [0.1, 0.15) is 32.3 Å². The van der Waals surface area contributed by atoms with Crippen molar-refractivity contribution in [1.82, 2.24) is 4.67 Å². The highest BCUT2D eigenvalue weighted by Gasteiger charge is 2.27. The van der Waals surface area contributed by atoms with Crippen LogP contribution in [0.15, 0.2) is 30.3 Å². The van der Waals surface area contributed by atoms with Gasteiger partial charge in [-0.25, -0.2) is 4.67 Å². The molecule has 0 spiro atoms. The minimum absolute atomic E-state index is 0.0273. The van der Waals surface area contributed by atoms with E-state index in [0.29, 0.717) is 26.4 Å². The Balaban J connectivity index is 2.92. The standard InChI is InChI=1S/C16H28NO4P/c1-5-19-16(20-6-2)15(14-11-9-8-10-12-14)13-17(4)22(18)21-7-3/h8-12,15-16,22H,5-7,13H2,1-4H3. The van der Waals surface area contributed by atoms with Crippen LogP contribution in [0.2, 0.25) is 0 Å². The maximum absolute atomic E-state index is 12.1. The van der Waals surface area contributed by atoms with Crippen molar-refractivity contribution in [2.45, 2.75) is 33.0 Å². The molecule has 0 saturated heterocycles. The van der Waals surface area contributed by atoms with Crippen LogP contribution in [0.5, 0.6) is 0 Å². The molecule has 0 saturated carbocycles. The lowest BCUT2D eigenvalue weighted by Crippen LogP contribution is -2.32. The highest BCUT2D eigenvalue weighted by Crippen LogP contribution is 2.32. The predicted molar refractivity (Wildman–Crippen MR) is 89.5 cm³/mol. The number of ether oxygens (including phenoxy) is 2. The average Bonchev–Trinajstić information content (AvgIpc) is 2.53. The summed E-state index contributed by atoms with van der Waals surface area (Å²) in [5.74, 6) is -0.0273. The van der Waals surface area contributed by atoms with Crippen LogP contribution < -0.4 is 0 Å². The Bertz CT molecular complexity index is 423. The van der Waals surface area contributed by atoms with Gasteiger partial charge in [-0.1, -0.05) is 30.3 Å². The summed E-state index contributed by atoms with van der Waals surface area (Å²) in [7, 11) is -0.403. The van der Waals surface area contributed by atoms with E-state index < -0.39 is 8.18 Å². The number of benzene rings is 1. The Morgan fingerprint density at radius 3 is 2.14 bits per heavy atom. The SMILES string of the molecule is CCOC(OCC)C(CN(C)[PH](=O)OCC)c1ccccc1. The maximum atomic E-state index is 12.1. The molecule has 126 valence electrons. The van der Waals surface area contributed by atoms with E-state index in [1.807, 2.05) is 58.2 Å². The van der Waals surface area contributed by atoms with Crippen molar-refractivity contribution in [3.8, 4) is 0 Å². The van der Waals surface area contributed by atoms with Crippen LogP contribution in [0.25, 0.3) is 0 Å². The second-order valence-electron chi connectivity index (χ2n) is 4.88. The molecule has 0 aliphatic heterocycles. The lowest BCUT2D eigenvalue weighted by molar-refractivity contribution is -0.151. The molecule has 2 unspecified atom stereocenters. The first kappa shape index (κ1) is 19.3. The molecule has 0 aromatic heterocycles. The first-order chi connectivity index (χ1) is 10.6. The van der Waals surface area contributed by atoms with Gasteiger partial charge >= 0.3 is 0 Å². The van der Waals surface area contributed by atoms with E-state index in [1.165, 1.54) is 0 Å². The van der Waals surface area contributed by atoms with Crippen LogP contribution in [0.3, 0.4) is 0 Å². The Morgan fingerprint density at radius 1 is 1.05 bits per heavy atom. The highest BCUT2D eigenvalue weighted by atomic mass is 31.1. The van der Waals surface area contributed by atoms with Gasteiger partial charge in [0.15, 0.2) is 6.29 Å². The first-order valence-electron chi connectivity index (χ1n) is 7.79. The molecule has 1 aromatic rings. The van der Waals surface area contributed by atoms with Crippen LogP contribution in [-0.4, -0.2) is 44.4 Å². The van der Waals surface area contributed by atoms with E-state index in [0.717, 1.165) is 5.56 Å². The van der Waals surface area contributed by atoms with Crippen molar-refractivity contribution in [3.63, 3.8) is 0 Å². The van der Waals surface area contributed by atoms with Crippen LogP contribution in [0, 0.1) is 0 Å². The Kier molecular flexibility index (Phi) is 9.60. The van der Waals surface area contributed by atoms with Crippen molar-refractivity contribution in [2.24, 2.45) is 0 Å². The van der Waals surface area contributed by atoms with Gasteiger partial charge in [0.2, 0.25) is 0 Å². The zero-order valence-corrected chi connectivity index (χ0v) is 15.0. The number of nitrogens with zero attached hydrogens (tertiary/aromatic N) is 1. The molecule has 0 aliphatic carbocycles. The van der Waals surface area contributed by atoms with Gasteiger partial charge in [-0.05, 0) is 33.4 Å². The van der Waals surface area contributed by atoms with Gasteiger partial charge in [0.25, 0.3) is 8.18 Å². The molecular weight excluding hydrogens is 301 g/mol. The first-order valence-corrected chi connectivity index (χ1v) is 9.06. The van der Waals surface area contributed by atoms with Gasteiger partial charge < -0.3 is 14.0 Å². The number of hydrogen-bond acceptors (Lipinski definition) is 4. The number of hydrogen-bond donors (Lipinski definition) is 0. The van der Waals surface area contributed by atoms with Crippen LogP contribution in [-0.2, 0) is 18.6 Å². The maximum Gasteiger partial charge on any atom is 0.260 e. The van der Waals surface area contributed by atoms with E-state index in [-0.39, 0.29) is 12.2 Å². The Hall–Kier alpha value is -0.710. The number of rotatable bonds is 11. The third-order valence-corrected chi connectivity index (χ3v) is 4.61. The third-order valence-electron chi connectivity index (χ3n) is 3.27. The monoisotopic (exact) mass is 329 g/mol. The van der Waals surface area contributed by atoms with Crippen molar-refractivity contribution in [1.29, 1.82) is 0 Å². The topological polar surface area (TPSA) is 48.0 Å².